The first kappa shape index (κ1) is 16.4. The van der Waals surface area contributed by atoms with E-state index < -0.39 is 23.3 Å². The van der Waals surface area contributed by atoms with Crippen LogP contribution in [0.2, 0.25) is 0 Å². The van der Waals surface area contributed by atoms with Crippen molar-refractivity contribution in [1.29, 1.82) is 0 Å². The van der Waals surface area contributed by atoms with Crippen LogP contribution in [0, 0.1) is 11.3 Å². The van der Waals surface area contributed by atoms with E-state index in [2.05, 4.69) is 16.9 Å². The summed E-state index contributed by atoms with van der Waals surface area (Å²) >= 11 is 0. The van der Waals surface area contributed by atoms with E-state index in [-0.39, 0.29) is 41.9 Å². The molecule has 0 spiro atoms. The summed E-state index contributed by atoms with van der Waals surface area (Å²) in [7, 11) is 0. The summed E-state index contributed by atoms with van der Waals surface area (Å²) in [6.45, 7) is 7.22. The predicted octanol–water partition coefficient (Wildman–Crippen LogP) is -2.39. The quantitative estimate of drug-likeness (QED) is 0.444. The second-order valence-corrected chi connectivity index (χ2v) is 3.95. The number of nitrogens with one attached hydrogen (secondary N) is 1. The number of rotatable bonds is 4. The van der Waals surface area contributed by atoms with Gasteiger partial charge < -0.3 is 5.11 Å². The molecule has 17 heavy (non-hydrogen) atoms. The van der Waals surface area contributed by atoms with Crippen LogP contribution >= 0.6 is 0 Å². The average Bonchev–Trinajstić information content (AvgIpc) is 2.22. The number of nitrogens with zero attached hydrogens (tertiary/aromatic N) is 1. The number of urea groups is 1. The van der Waals surface area contributed by atoms with E-state index in [0.717, 1.165) is 0 Å². The second kappa shape index (κ2) is 6.33. The maximum absolute atomic E-state index is 11.9. The maximum Gasteiger partial charge on any atom is 1.00 e. The van der Waals surface area contributed by atoms with Crippen LogP contribution in [-0.2, 0) is 4.79 Å². The fraction of sp³-hybridized carbons (Fsp3) is 0.545. The van der Waals surface area contributed by atoms with Crippen molar-refractivity contribution in [3.8, 4) is 0 Å². The van der Waals surface area contributed by atoms with E-state index in [4.69, 9.17) is 0 Å². The van der Waals surface area contributed by atoms with Gasteiger partial charge in [0.25, 0.3) is 0 Å². The summed E-state index contributed by atoms with van der Waals surface area (Å²) in [6, 6.07) is -0.877. The van der Waals surface area contributed by atoms with Crippen LogP contribution in [0.5, 0.6) is 0 Å². The molecule has 0 bridgehead atoms. The zero-order valence-corrected chi connectivity index (χ0v) is 12.4. The normalized spacial score (nSPS) is 25.4. The zero-order valence-electron chi connectivity index (χ0n) is 10.4. The van der Waals surface area contributed by atoms with Gasteiger partial charge in [-0.05, 0) is 18.2 Å². The van der Waals surface area contributed by atoms with Gasteiger partial charge in [-0.2, -0.15) is 0 Å². The van der Waals surface area contributed by atoms with Crippen LogP contribution < -0.4 is 40.0 Å². The number of carbonyl (C=O) groups is 2. The minimum Gasteiger partial charge on any atom is -0.861 e. The van der Waals surface area contributed by atoms with Crippen molar-refractivity contribution in [2.45, 2.75) is 26.7 Å². The Morgan fingerprint density at radius 1 is 1.59 bits per heavy atom. The largest absolute Gasteiger partial charge is 1.00 e. The predicted molar refractivity (Wildman–Crippen MR) is 57.7 cm³/mol. The molecule has 6 heteroatoms. The first-order chi connectivity index (χ1) is 7.48. The number of hydrogen-bond donors (Lipinski definition) is 1. The average molecular weight is 246 g/mol. The maximum atomic E-state index is 11.9. The second-order valence-electron chi connectivity index (χ2n) is 3.95. The molecule has 0 saturated carbocycles. The van der Waals surface area contributed by atoms with Crippen LogP contribution in [0.15, 0.2) is 17.6 Å². The molecule has 1 N–H and O–H groups in total. The van der Waals surface area contributed by atoms with Gasteiger partial charge in [-0.3, -0.25) is 10.1 Å². The van der Waals surface area contributed by atoms with E-state index in [1.807, 2.05) is 6.92 Å². The summed E-state index contributed by atoms with van der Waals surface area (Å²) in [5.41, 5.74) is -1.26. The van der Waals surface area contributed by atoms with Gasteiger partial charge in [0.1, 0.15) is 0 Å². The van der Waals surface area contributed by atoms with Crippen molar-refractivity contribution in [2.75, 3.05) is 0 Å². The van der Waals surface area contributed by atoms with Gasteiger partial charge in [0.2, 0.25) is 5.91 Å². The molecule has 3 amide bonds. The molecule has 1 aliphatic heterocycles. The van der Waals surface area contributed by atoms with Crippen LogP contribution in [0.3, 0.4) is 0 Å². The molecular formula is C11H15N2NaO3. The monoisotopic (exact) mass is 246 g/mol. The number of aliphatic imine (C=N–C) groups is 1. The van der Waals surface area contributed by atoms with E-state index in [1.165, 1.54) is 6.08 Å². The molecule has 0 aliphatic carbocycles. The molecule has 2 unspecified atom stereocenters. The summed E-state index contributed by atoms with van der Waals surface area (Å²) in [5.74, 6) is -1.41. The summed E-state index contributed by atoms with van der Waals surface area (Å²) in [6.07, 6.45) is 2.36. The molecular weight excluding hydrogens is 231 g/mol. The Balaban J connectivity index is 0.00000256. The molecule has 2 atom stereocenters. The molecule has 0 aromatic heterocycles. The Labute approximate surface area is 123 Å². The Morgan fingerprint density at radius 3 is 2.59 bits per heavy atom. The van der Waals surface area contributed by atoms with Gasteiger partial charge in [0.15, 0.2) is 0 Å². The molecule has 88 valence electrons. The minimum absolute atomic E-state index is 0. The van der Waals surface area contributed by atoms with E-state index >= 15 is 0 Å². The van der Waals surface area contributed by atoms with Crippen molar-refractivity contribution in [3.63, 3.8) is 0 Å². The summed E-state index contributed by atoms with van der Waals surface area (Å²) < 4.78 is 0. The van der Waals surface area contributed by atoms with E-state index in [9.17, 15) is 14.7 Å². The molecule has 1 aliphatic rings. The Bertz CT molecular complexity index is 368. The third-order valence-corrected chi connectivity index (χ3v) is 3.13. The van der Waals surface area contributed by atoms with Crippen LogP contribution in [0.25, 0.3) is 0 Å². The SMILES string of the molecule is C=CCC1(C(C)CC)C(=O)NC(=O)N=C1[O-].[Na+]. The van der Waals surface area contributed by atoms with Crippen LogP contribution in [0.4, 0.5) is 4.79 Å². The van der Waals surface area contributed by atoms with Gasteiger partial charge >= 0.3 is 35.6 Å². The number of allylic oxidation sites excluding steroid dienone is 1. The molecule has 1 rings (SSSR count). The third kappa shape index (κ3) is 2.78. The first-order valence-electron chi connectivity index (χ1n) is 5.21. The van der Waals surface area contributed by atoms with E-state index in [0.29, 0.717) is 6.42 Å². The molecule has 0 saturated heterocycles. The fourth-order valence-electron chi connectivity index (χ4n) is 1.92. The topological polar surface area (TPSA) is 81.6 Å². The van der Waals surface area contributed by atoms with Gasteiger partial charge in [-0.25, -0.2) is 9.79 Å². The smallest absolute Gasteiger partial charge is 0.861 e. The third-order valence-electron chi connectivity index (χ3n) is 3.13. The number of imide groups is 1. The molecule has 5 nitrogen and oxygen atoms in total. The van der Waals surface area contributed by atoms with Crippen LogP contribution in [0.1, 0.15) is 26.7 Å². The first-order valence-corrected chi connectivity index (χ1v) is 5.21. The standard InChI is InChI=1S/C11H16N2O3.Na/c1-4-6-11(7(3)5-2)8(14)12-10(16)13-9(11)15;/h4,7H,1,5-6H2,2-3H3,(H2,12,13,14,15,16);/q;+1/p-1. The van der Waals surface area contributed by atoms with Gasteiger partial charge in [-0.15, -0.1) is 6.58 Å². The van der Waals surface area contributed by atoms with Crippen molar-refractivity contribution in [2.24, 2.45) is 16.3 Å². The van der Waals surface area contributed by atoms with Crippen molar-refractivity contribution in [1.82, 2.24) is 5.32 Å². The summed E-state index contributed by atoms with van der Waals surface area (Å²) in [4.78, 5) is 26.1. The van der Waals surface area contributed by atoms with E-state index in [1.54, 1.807) is 6.92 Å². The van der Waals surface area contributed by atoms with Crippen LogP contribution in [-0.4, -0.2) is 17.8 Å². The fourth-order valence-corrected chi connectivity index (χ4v) is 1.92. The molecule has 1 heterocycles. The molecule has 0 aromatic rings. The van der Waals surface area contributed by atoms with Gasteiger partial charge in [0, 0.05) is 0 Å². The number of amides is 3. The molecule has 0 fully saturated rings. The molecule has 0 radical (unpaired) electrons. The minimum atomic E-state index is -1.26. The number of hydrogen-bond acceptors (Lipinski definition) is 3. The van der Waals surface area contributed by atoms with Gasteiger partial charge in [0.05, 0.1) is 5.41 Å². The van der Waals surface area contributed by atoms with Crippen molar-refractivity contribution in [3.05, 3.63) is 12.7 Å². The Morgan fingerprint density at radius 2 is 2.18 bits per heavy atom. The zero-order chi connectivity index (χ0) is 12.3. The van der Waals surface area contributed by atoms with Crippen molar-refractivity contribution >= 4 is 17.8 Å². The van der Waals surface area contributed by atoms with Crippen molar-refractivity contribution < 1.29 is 44.3 Å². The molecule has 0 aromatic carbocycles. The Kier molecular flexibility index (Phi) is 6.09. The summed E-state index contributed by atoms with van der Waals surface area (Å²) in [5, 5.41) is 13.9. The Hall–Kier alpha value is -0.650. The number of carbonyl (C=O) groups excluding carboxylic acids is 2. The van der Waals surface area contributed by atoms with Gasteiger partial charge in [-0.1, -0.05) is 26.3 Å².